The van der Waals surface area contributed by atoms with Gasteiger partial charge in [-0.1, -0.05) is 0 Å². The summed E-state index contributed by atoms with van der Waals surface area (Å²) >= 11 is 0. The molecule has 1 aromatic carbocycles. The van der Waals surface area contributed by atoms with E-state index in [1.807, 2.05) is 19.2 Å². The first-order chi connectivity index (χ1) is 16.1. The molecule has 1 aliphatic rings. The minimum atomic E-state index is -3.55. The van der Waals surface area contributed by atoms with Crippen molar-refractivity contribution in [3.8, 4) is 11.4 Å². The van der Waals surface area contributed by atoms with Crippen LogP contribution in [0.1, 0.15) is 42.5 Å². The Kier molecular flexibility index (Phi) is 6.67. The molecule has 3 aromatic rings. The Balaban J connectivity index is 1.44. The molecule has 1 atom stereocenters. The third-order valence-electron chi connectivity index (χ3n) is 5.55. The number of rotatable bonds is 7. The second-order valence-corrected chi connectivity index (χ2v) is 10.2. The molecule has 0 unspecified atom stereocenters. The van der Waals surface area contributed by atoms with E-state index in [1.54, 1.807) is 35.4 Å². The molecular weight excluding hydrogens is 456 g/mol. The van der Waals surface area contributed by atoms with Gasteiger partial charge in [-0.2, -0.15) is 8.42 Å². The number of amides is 1. The lowest BCUT2D eigenvalue weighted by Crippen LogP contribution is -2.30. The minimum Gasteiger partial charge on any atom is -0.336 e. The molecule has 3 heterocycles. The topological polar surface area (TPSA) is 119 Å². The van der Waals surface area contributed by atoms with Crippen LogP contribution in [0.3, 0.4) is 0 Å². The number of nitrogens with zero attached hydrogens (tertiary/aromatic N) is 5. The van der Waals surface area contributed by atoms with Crippen LogP contribution in [0.4, 0.5) is 11.6 Å². The largest absolute Gasteiger partial charge is 0.336 e. The summed E-state index contributed by atoms with van der Waals surface area (Å²) in [5.41, 5.74) is 2.93. The molecule has 0 saturated carbocycles. The zero-order chi connectivity index (χ0) is 24.5. The van der Waals surface area contributed by atoms with Crippen LogP contribution >= 0.6 is 0 Å². The van der Waals surface area contributed by atoms with Crippen LogP contribution in [0, 0.1) is 6.92 Å². The first-order valence-corrected chi connectivity index (χ1v) is 12.8. The molecule has 1 amide bonds. The highest BCUT2D eigenvalue weighted by Gasteiger charge is 2.29. The van der Waals surface area contributed by atoms with Crippen LogP contribution in [0.15, 0.2) is 42.7 Å². The molecule has 4 rings (SSSR count). The van der Waals surface area contributed by atoms with Crippen LogP contribution in [0.2, 0.25) is 0 Å². The van der Waals surface area contributed by atoms with Gasteiger partial charge in [0.25, 0.3) is 16.0 Å². The Bertz CT molecular complexity index is 1290. The second kappa shape index (κ2) is 9.51. The van der Waals surface area contributed by atoms with E-state index >= 15 is 0 Å². The molecule has 11 heteroatoms. The van der Waals surface area contributed by atoms with Gasteiger partial charge >= 0.3 is 0 Å². The number of carbonyl (C=O) groups excluding carboxylic acids is 1. The Morgan fingerprint density at radius 2 is 1.91 bits per heavy atom. The van der Waals surface area contributed by atoms with Gasteiger partial charge in [-0.25, -0.2) is 15.0 Å². The maximum Gasteiger partial charge on any atom is 0.264 e. The van der Waals surface area contributed by atoms with Gasteiger partial charge in [-0.3, -0.25) is 8.98 Å². The van der Waals surface area contributed by atoms with E-state index in [0.717, 1.165) is 29.2 Å². The van der Waals surface area contributed by atoms with Gasteiger partial charge in [0.1, 0.15) is 5.82 Å². The molecule has 1 saturated heterocycles. The summed E-state index contributed by atoms with van der Waals surface area (Å²) < 4.78 is 29.8. The van der Waals surface area contributed by atoms with Crippen LogP contribution in [-0.4, -0.2) is 64.2 Å². The highest BCUT2D eigenvalue weighted by atomic mass is 32.2. The SMILES string of the molecule is Cc1ncc(-c2ccnc(Nc3ccc(C(=O)N4CC[C@@H](OS(C)(=O)=O)C4)cc3)n2)n1C(C)C. The highest BCUT2D eigenvalue weighted by molar-refractivity contribution is 7.86. The summed E-state index contributed by atoms with van der Waals surface area (Å²) in [4.78, 5) is 27.7. The van der Waals surface area contributed by atoms with Gasteiger partial charge < -0.3 is 14.8 Å². The van der Waals surface area contributed by atoms with Gasteiger partial charge in [-0.05, 0) is 57.5 Å². The molecule has 34 heavy (non-hydrogen) atoms. The molecule has 0 radical (unpaired) electrons. The van der Waals surface area contributed by atoms with Crippen LogP contribution in [0.25, 0.3) is 11.4 Å². The van der Waals surface area contributed by atoms with Crippen molar-refractivity contribution in [2.45, 2.75) is 39.3 Å². The number of benzene rings is 1. The fourth-order valence-electron chi connectivity index (χ4n) is 4.10. The summed E-state index contributed by atoms with van der Waals surface area (Å²) in [6, 6.07) is 9.10. The fourth-order valence-corrected chi connectivity index (χ4v) is 4.75. The average molecular weight is 485 g/mol. The Labute approximate surface area is 199 Å². The van der Waals surface area contributed by atoms with E-state index in [9.17, 15) is 13.2 Å². The predicted molar refractivity (Wildman–Crippen MR) is 128 cm³/mol. The zero-order valence-electron chi connectivity index (χ0n) is 19.6. The highest BCUT2D eigenvalue weighted by Crippen LogP contribution is 2.24. The van der Waals surface area contributed by atoms with Crippen molar-refractivity contribution in [1.82, 2.24) is 24.4 Å². The number of anilines is 2. The molecule has 180 valence electrons. The molecule has 0 spiro atoms. The van der Waals surface area contributed by atoms with Crippen molar-refractivity contribution in [3.05, 3.63) is 54.1 Å². The quantitative estimate of drug-likeness (QED) is 0.508. The lowest BCUT2D eigenvalue weighted by molar-refractivity contribution is 0.0773. The number of nitrogens with one attached hydrogen (secondary N) is 1. The predicted octanol–water partition coefficient (Wildman–Crippen LogP) is 3.16. The van der Waals surface area contributed by atoms with Crippen LogP contribution in [0.5, 0.6) is 0 Å². The van der Waals surface area contributed by atoms with Gasteiger partial charge in [0.05, 0.1) is 29.9 Å². The minimum absolute atomic E-state index is 0.165. The van der Waals surface area contributed by atoms with E-state index in [1.165, 1.54) is 0 Å². The Morgan fingerprint density at radius 3 is 2.59 bits per heavy atom. The molecule has 2 aromatic heterocycles. The Hall–Kier alpha value is -3.31. The van der Waals surface area contributed by atoms with Crippen molar-refractivity contribution in [2.24, 2.45) is 0 Å². The number of hydrogen-bond donors (Lipinski definition) is 1. The third kappa shape index (κ3) is 5.42. The summed E-state index contributed by atoms with van der Waals surface area (Å²) in [5, 5.41) is 3.17. The van der Waals surface area contributed by atoms with Gasteiger partial charge in [0, 0.05) is 36.6 Å². The third-order valence-corrected chi connectivity index (χ3v) is 6.17. The normalized spacial score (nSPS) is 16.3. The monoisotopic (exact) mass is 484 g/mol. The molecule has 1 fully saturated rings. The van der Waals surface area contributed by atoms with Gasteiger partial charge in [0.2, 0.25) is 5.95 Å². The lowest BCUT2D eigenvalue weighted by atomic mass is 10.2. The van der Waals surface area contributed by atoms with Crippen molar-refractivity contribution in [2.75, 3.05) is 24.7 Å². The maximum absolute atomic E-state index is 12.8. The van der Waals surface area contributed by atoms with E-state index in [4.69, 9.17) is 4.18 Å². The molecule has 0 bridgehead atoms. The number of likely N-dealkylation sites (tertiary alicyclic amines) is 1. The van der Waals surface area contributed by atoms with Crippen molar-refractivity contribution in [3.63, 3.8) is 0 Å². The zero-order valence-corrected chi connectivity index (χ0v) is 20.4. The second-order valence-electron chi connectivity index (χ2n) is 8.58. The molecular formula is C23H28N6O4S. The van der Waals surface area contributed by atoms with E-state index < -0.39 is 16.2 Å². The number of aromatic nitrogens is 4. The van der Waals surface area contributed by atoms with E-state index in [-0.39, 0.29) is 18.5 Å². The van der Waals surface area contributed by atoms with E-state index in [2.05, 4.69) is 38.7 Å². The van der Waals surface area contributed by atoms with Gasteiger partial charge in [0.15, 0.2) is 0 Å². The average Bonchev–Trinajstić information content (AvgIpc) is 3.39. The van der Waals surface area contributed by atoms with Crippen LogP contribution in [-0.2, 0) is 14.3 Å². The van der Waals surface area contributed by atoms with E-state index in [0.29, 0.717) is 24.5 Å². The maximum atomic E-state index is 12.8. The Morgan fingerprint density at radius 1 is 1.18 bits per heavy atom. The summed E-state index contributed by atoms with van der Waals surface area (Å²) in [5.74, 6) is 1.19. The molecule has 1 aliphatic heterocycles. The summed E-state index contributed by atoms with van der Waals surface area (Å²) in [6.07, 6.45) is 4.51. The molecule has 10 nitrogen and oxygen atoms in total. The molecule has 0 aliphatic carbocycles. The summed E-state index contributed by atoms with van der Waals surface area (Å²) in [6.45, 7) is 6.86. The van der Waals surface area contributed by atoms with Crippen molar-refractivity contribution in [1.29, 1.82) is 0 Å². The summed E-state index contributed by atoms with van der Waals surface area (Å²) in [7, 11) is -3.55. The van der Waals surface area contributed by atoms with Crippen molar-refractivity contribution >= 4 is 27.7 Å². The smallest absolute Gasteiger partial charge is 0.264 e. The number of carbonyl (C=O) groups is 1. The first-order valence-electron chi connectivity index (χ1n) is 11.0. The number of hydrogen-bond acceptors (Lipinski definition) is 8. The van der Waals surface area contributed by atoms with Crippen LogP contribution < -0.4 is 5.32 Å². The fraction of sp³-hybridized carbons (Fsp3) is 0.391. The first kappa shape index (κ1) is 23.8. The van der Waals surface area contributed by atoms with Crippen molar-refractivity contribution < 1.29 is 17.4 Å². The standard InChI is InChI=1S/C23H28N6O4S/c1-15(2)29-16(3)25-13-21(29)20-9-11-24-23(27-20)26-18-7-5-17(6-8-18)22(30)28-12-10-19(14-28)33-34(4,31)32/h5-9,11,13,15,19H,10,12,14H2,1-4H3,(H,24,26,27)/t19-/m1/s1. The van der Waals surface area contributed by atoms with Gasteiger partial charge in [-0.15, -0.1) is 0 Å². The number of aryl methyl sites for hydroxylation is 1. The lowest BCUT2D eigenvalue weighted by Gasteiger charge is -2.16. The molecule has 1 N–H and O–H groups in total. The number of imidazole rings is 1.